The van der Waals surface area contributed by atoms with Crippen molar-refractivity contribution in [2.75, 3.05) is 38.1 Å². The smallest absolute Gasteiger partial charge is 0.415 e. The molecular weight excluding hydrogens is 847 g/mol. The van der Waals surface area contributed by atoms with E-state index < -0.39 is 23.8 Å². The number of aromatic nitrogens is 3. The number of pyridine rings is 3. The van der Waals surface area contributed by atoms with Crippen LogP contribution in [-0.4, -0.2) is 109 Å². The van der Waals surface area contributed by atoms with E-state index in [2.05, 4.69) is 25.7 Å². The number of nitrogens with zero attached hydrogens (tertiary/aromatic N) is 7. The Hall–Kier alpha value is -7.05. The Labute approximate surface area is 380 Å². The molecule has 344 valence electrons. The maximum atomic E-state index is 13.7. The monoisotopic (exact) mass is 899 g/mol. The summed E-state index contributed by atoms with van der Waals surface area (Å²) in [6, 6.07) is 13.7. The van der Waals surface area contributed by atoms with Gasteiger partial charge in [0, 0.05) is 61.0 Å². The fraction of sp³-hybridized carbons (Fsp3) is 0.396. The van der Waals surface area contributed by atoms with Crippen molar-refractivity contribution >= 4 is 40.4 Å². The highest BCUT2D eigenvalue weighted by Crippen LogP contribution is 2.41. The van der Waals surface area contributed by atoms with E-state index in [9.17, 15) is 34.5 Å². The average molecular weight is 900 g/mol. The van der Waals surface area contributed by atoms with Gasteiger partial charge in [-0.05, 0) is 92.2 Å². The SMILES string of the molecule is CCc1c2c(nc3ccc(OC(=O)N4CCC(N(C)CCNC(=O)C5NN=C(c6cc(C(C)C)c(O)cc6O)N5c5cccnc5)CC4)cc13)-c1cc3c(c(=O)n1C2)COC(=O)C3(O)CC. The van der Waals surface area contributed by atoms with E-state index in [0.717, 1.165) is 16.5 Å². The van der Waals surface area contributed by atoms with Crippen molar-refractivity contribution in [2.45, 2.75) is 90.3 Å². The quantitative estimate of drug-likeness (QED) is 0.114. The number of piperidine rings is 1. The number of hydrazone groups is 1. The summed E-state index contributed by atoms with van der Waals surface area (Å²) in [6.07, 6.45) is 3.94. The molecule has 4 aliphatic heterocycles. The number of phenols is 2. The van der Waals surface area contributed by atoms with Crippen LogP contribution in [0.1, 0.15) is 86.3 Å². The van der Waals surface area contributed by atoms with Gasteiger partial charge in [0.15, 0.2) is 11.4 Å². The number of hydrogen-bond acceptors (Lipinski definition) is 15. The molecule has 0 bridgehead atoms. The molecule has 9 rings (SSSR count). The molecule has 4 aliphatic rings. The van der Waals surface area contributed by atoms with Crippen LogP contribution >= 0.6 is 0 Å². The van der Waals surface area contributed by atoms with Crippen LogP contribution < -0.4 is 25.9 Å². The topological polar surface area (TPSA) is 224 Å². The number of anilines is 1. The van der Waals surface area contributed by atoms with Crippen molar-refractivity contribution in [3.63, 3.8) is 0 Å². The zero-order valence-electron chi connectivity index (χ0n) is 37.5. The molecule has 18 nitrogen and oxygen atoms in total. The molecule has 2 unspecified atom stereocenters. The number of carbonyl (C=O) groups excluding carboxylic acids is 3. The fourth-order valence-corrected chi connectivity index (χ4v) is 9.62. The molecule has 1 fully saturated rings. The molecule has 0 spiro atoms. The Balaban J connectivity index is 0.812. The van der Waals surface area contributed by atoms with Gasteiger partial charge in [-0.3, -0.25) is 24.9 Å². The zero-order valence-corrected chi connectivity index (χ0v) is 37.5. The van der Waals surface area contributed by atoms with Gasteiger partial charge in [-0.15, -0.1) is 0 Å². The van der Waals surface area contributed by atoms with Crippen LogP contribution in [0.15, 0.2) is 70.8 Å². The number of aliphatic hydroxyl groups is 1. The van der Waals surface area contributed by atoms with E-state index in [1.54, 1.807) is 70.1 Å². The van der Waals surface area contributed by atoms with Crippen LogP contribution in [0.25, 0.3) is 22.3 Å². The first-order valence-electron chi connectivity index (χ1n) is 22.4. The number of phenolic OH excluding ortho intramolecular Hbond substituents is 2. The summed E-state index contributed by atoms with van der Waals surface area (Å²) in [4.78, 5) is 68.3. The van der Waals surface area contributed by atoms with E-state index in [1.165, 1.54) is 6.07 Å². The highest BCUT2D eigenvalue weighted by atomic mass is 16.6. The number of rotatable bonds is 11. The standard InChI is InChI=1S/C48H53N9O9/c1-6-30-32-19-29(10-11-37(32)51-41-34(30)24-56-38(41)21-36-35(45(56)61)25-65-46(62)48(36,64)7-2)66-47(63)55-16-12-27(13-17-55)54(5)18-15-50-44(60)43-53-52-42(57(43)28-9-8-14-49-23-28)33-20-31(26(3)4)39(58)22-40(33)59/h8-11,14,19-23,26-27,43,53,58-59,64H,6-7,12-13,15-18,24-25H2,1-5H3,(H,50,60). The highest BCUT2D eigenvalue weighted by molar-refractivity contribution is 6.15. The predicted octanol–water partition coefficient (Wildman–Crippen LogP) is 4.38. The molecule has 5 aromatic rings. The van der Waals surface area contributed by atoms with Gasteiger partial charge in [0.2, 0.25) is 6.17 Å². The lowest BCUT2D eigenvalue weighted by Gasteiger charge is -2.36. The number of likely N-dealkylation sites (tertiary alicyclic amines) is 1. The largest absolute Gasteiger partial charge is 0.508 e. The van der Waals surface area contributed by atoms with Gasteiger partial charge < -0.3 is 44.5 Å². The molecule has 3 aromatic heterocycles. The normalized spacial score (nSPS) is 19.1. The predicted molar refractivity (Wildman–Crippen MR) is 244 cm³/mol. The zero-order chi connectivity index (χ0) is 46.6. The van der Waals surface area contributed by atoms with E-state index in [0.29, 0.717) is 90.7 Å². The minimum absolute atomic E-state index is 0.0249. The summed E-state index contributed by atoms with van der Waals surface area (Å²) in [6.45, 7) is 9.49. The van der Waals surface area contributed by atoms with Gasteiger partial charge in [0.05, 0.1) is 46.5 Å². The number of hydrogen-bond donors (Lipinski definition) is 5. The second-order valence-corrected chi connectivity index (χ2v) is 17.5. The molecule has 0 aliphatic carbocycles. The Morgan fingerprint density at radius 2 is 1.85 bits per heavy atom. The number of benzene rings is 2. The minimum atomic E-state index is -1.91. The number of aromatic hydroxyl groups is 2. The van der Waals surface area contributed by atoms with Crippen molar-refractivity contribution in [3.05, 3.63) is 105 Å². The molecule has 1 saturated heterocycles. The van der Waals surface area contributed by atoms with Gasteiger partial charge in [-0.2, -0.15) is 5.10 Å². The second kappa shape index (κ2) is 17.4. The van der Waals surface area contributed by atoms with Crippen molar-refractivity contribution in [1.29, 1.82) is 0 Å². The summed E-state index contributed by atoms with van der Waals surface area (Å²) in [5.74, 6) is -0.642. The lowest BCUT2D eigenvalue weighted by atomic mass is 9.86. The Kier molecular flexibility index (Phi) is 11.6. The molecule has 2 aromatic carbocycles. The third-order valence-corrected chi connectivity index (χ3v) is 13.4. The molecular formula is C48H53N9O9. The summed E-state index contributed by atoms with van der Waals surface area (Å²) < 4.78 is 12.8. The lowest BCUT2D eigenvalue weighted by molar-refractivity contribution is -0.172. The minimum Gasteiger partial charge on any atom is -0.508 e. The van der Waals surface area contributed by atoms with Crippen LogP contribution in [0, 0.1) is 0 Å². The molecule has 2 amide bonds. The van der Waals surface area contributed by atoms with Gasteiger partial charge >= 0.3 is 12.1 Å². The van der Waals surface area contributed by atoms with Crippen LogP contribution in [0.4, 0.5) is 10.5 Å². The van der Waals surface area contributed by atoms with Crippen LogP contribution in [0.3, 0.4) is 0 Å². The third kappa shape index (κ3) is 7.62. The summed E-state index contributed by atoms with van der Waals surface area (Å²) in [7, 11) is 2.00. The van der Waals surface area contributed by atoms with E-state index in [1.807, 2.05) is 33.9 Å². The summed E-state index contributed by atoms with van der Waals surface area (Å²) in [5.41, 5.74) is 6.43. The number of nitrogens with one attached hydrogen (secondary N) is 2. The van der Waals surface area contributed by atoms with Gasteiger partial charge in [-0.25, -0.2) is 14.6 Å². The number of carbonyl (C=O) groups is 3. The number of amides is 2. The number of aryl methyl sites for hydroxylation is 1. The van der Waals surface area contributed by atoms with Gasteiger partial charge in [0.25, 0.3) is 11.5 Å². The molecule has 5 N–H and O–H groups in total. The number of amidine groups is 1. The van der Waals surface area contributed by atoms with Gasteiger partial charge in [0.1, 0.15) is 23.9 Å². The van der Waals surface area contributed by atoms with Crippen LogP contribution in [0.2, 0.25) is 0 Å². The summed E-state index contributed by atoms with van der Waals surface area (Å²) in [5, 5.41) is 40.9. The van der Waals surface area contributed by atoms with Crippen molar-refractivity contribution in [2.24, 2.45) is 5.10 Å². The lowest BCUT2D eigenvalue weighted by Crippen LogP contribution is -2.53. The first-order valence-corrected chi connectivity index (χ1v) is 22.4. The Bertz CT molecular complexity index is 2860. The third-order valence-electron chi connectivity index (χ3n) is 13.4. The van der Waals surface area contributed by atoms with E-state index in [-0.39, 0.29) is 65.6 Å². The molecule has 18 heteroatoms. The fourth-order valence-electron chi connectivity index (χ4n) is 9.62. The molecule has 0 radical (unpaired) electrons. The number of ether oxygens (including phenoxy) is 2. The van der Waals surface area contributed by atoms with Crippen molar-refractivity contribution in [3.8, 4) is 28.6 Å². The van der Waals surface area contributed by atoms with E-state index >= 15 is 0 Å². The molecule has 66 heavy (non-hydrogen) atoms. The molecule has 0 saturated carbocycles. The van der Waals surface area contributed by atoms with E-state index in [4.69, 9.17) is 14.5 Å². The van der Waals surface area contributed by atoms with Crippen molar-refractivity contribution in [1.82, 2.24) is 35.1 Å². The first-order chi connectivity index (χ1) is 31.7. The highest BCUT2D eigenvalue weighted by Gasteiger charge is 2.46. The van der Waals surface area contributed by atoms with Crippen LogP contribution in [0.5, 0.6) is 17.2 Å². The van der Waals surface area contributed by atoms with Crippen LogP contribution in [-0.2, 0) is 39.5 Å². The maximum Gasteiger partial charge on any atom is 0.415 e. The summed E-state index contributed by atoms with van der Waals surface area (Å²) >= 11 is 0. The van der Waals surface area contributed by atoms with Gasteiger partial charge in [-0.1, -0.05) is 27.7 Å². The molecule has 7 heterocycles. The Morgan fingerprint density at radius 1 is 1.06 bits per heavy atom. The number of esters is 1. The second-order valence-electron chi connectivity index (χ2n) is 17.5. The number of cyclic esters (lactones) is 1. The number of likely N-dealkylation sites (N-methyl/N-ethyl adjacent to an activating group) is 1. The maximum absolute atomic E-state index is 13.7. The number of fused-ring (bicyclic) bond motifs is 5. The first kappa shape index (κ1) is 44.2. The molecule has 2 atom stereocenters. The Morgan fingerprint density at radius 3 is 2.56 bits per heavy atom. The van der Waals surface area contributed by atoms with Crippen molar-refractivity contribution < 1.29 is 39.2 Å². The average Bonchev–Trinajstić information content (AvgIpc) is 3.92.